The topological polar surface area (TPSA) is 52.6 Å². The third-order valence-electron chi connectivity index (χ3n) is 1.28. The maximum absolute atomic E-state index is 11.0. The SMILES string of the molecule is CC(C)OC(=O)/C=C\C=C/C(=O)OC(C)C. The van der Waals surface area contributed by atoms with E-state index in [2.05, 4.69) is 0 Å². The highest BCUT2D eigenvalue weighted by atomic mass is 16.5. The number of carbonyl (C=O) groups is 2. The molecule has 0 aliphatic rings. The zero-order valence-corrected chi connectivity index (χ0v) is 10.1. The van der Waals surface area contributed by atoms with Gasteiger partial charge in [0.25, 0.3) is 0 Å². The monoisotopic (exact) mass is 226 g/mol. The van der Waals surface area contributed by atoms with Gasteiger partial charge in [0.1, 0.15) is 0 Å². The van der Waals surface area contributed by atoms with Gasteiger partial charge in [-0.3, -0.25) is 0 Å². The van der Waals surface area contributed by atoms with Crippen LogP contribution in [0.3, 0.4) is 0 Å². The van der Waals surface area contributed by atoms with Crippen LogP contribution in [0.5, 0.6) is 0 Å². The Kier molecular flexibility index (Phi) is 6.92. The predicted octanol–water partition coefficient (Wildman–Crippen LogP) is 2.00. The largest absolute Gasteiger partial charge is 0.460 e. The van der Waals surface area contributed by atoms with Gasteiger partial charge >= 0.3 is 11.9 Å². The van der Waals surface area contributed by atoms with Gasteiger partial charge in [-0.1, -0.05) is 12.2 Å². The molecule has 0 unspecified atom stereocenters. The van der Waals surface area contributed by atoms with Crippen LogP contribution in [0, 0.1) is 0 Å². The lowest BCUT2D eigenvalue weighted by Crippen LogP contribution is -2.08. The number of hydrogen-bond acceptors (Lipinski definition) is 4. The Morgan fingerprint density at radius 2 is 1.12 bits per heavy atom. The van der Waals surface area contributed by atoms with Crippen molar-refractivity contribution in [2.45, 2.75) is 39.9 Å². The van der Waals surface area contributed by atoms with Crippen LogP contribution < -0.4 is 0 Å². The fourth-order valence-corrected chi connectivity index (χ4v) is 0.811. The van der Waals surface area contributed by atoms with E-state index < -0.39 is 11.9 Å². The van der Waals surface area contributed by atoms with E-state index in [1.165, 1.54) is 24.3 Å². The Bertz CT molecular complexity index is 257. The van der Waals surface area contributed by atoms with E-state index in [0.717, 1.165) is 0 Å². The molecule has 0 amide bonds. The van der Waals surface area contributed by atoms with Crippen molar-refractivity contribution in [1.29, 1.82) is 0 Å². The third kappa shape index (κ3) is 8.99. The van der Waals surface area contributed by atoms with Crippen LogP contribution in [-0.4, -0.2) is 24.1 Å². The van der Waals surface area contributed by atoms with Crippen molar-refractivity contribution < 1.29 is 19.1 Å². The molecule has 0 saturated carbocycles. The molecule has 0 heterocycles. The van der Waals surface area contributed by atoms with E-state index in [4.69, 9.17) is 9.47 Å². The lowest BCUT2D eigenvalue weighted by atomic mass is 10.4. The summed E-state index contributed by atoms with van der Waals surface area (Å²) >= 11 is 0. The van der Waals surface area contributed by atoms with E-state index in [-0.39, 0.29) is 12.2 Å². The second-order valence-electron chi connectivity index (χ2n) is 3.69. The van der Waals surface area contributed by atoms with Crippen LogP contribution in [0.2, 0.25) is 0 Å². The Balaban J connectivity index is 3.95. The van der Waals surface area contributed by atoms with Crippen LogP contribution in [0.25, 0.3) is 0 Å². The summed E-state index contributed by atoms with van der Waals surface area (Å²) in [5.41, 5.74) is 0. The van der Waals surface area contributed by atoms with Crippen LogP contribution in [-0.2, 0) is 19.1 Å². The van der Waals surface area contributed by atoms with Crippen LogP contribution in [0.1, 0.15) is 27.7 Å². The van der Waals surface area contributed by atoms with Crippen LogP contribution in [0.4, 0.5) is 0 Å². The summed E-state index contributed by atoms with van der Waals surface area (Å²) in [6, 6.07) is 0. The van der Waals surface area contributed by atoms with Crippen molar-refractivity contribution in [3.8, 4) is 0 Å². The van der Waals surface area contributed by atoms with E-state index in [1.54, 1.807) is 27.7 Å². The Labute approximate surface area is 95.9 Å². The lowest BCUT2D eigenvalue weighted by molar-refractivity contribution is -0.142. The summed E-state index contributed by atoms with van der Waals surface area (Å²) in [6.07, 6.45) is 5.08. The zero-order chi connectivity index (χ0) is 12.6. The zero-order valence-electron chi connectivity index (χ0n) is 10.1. The minimum Gasteiger partial charge on any atom is -0.460 e. The Morgan fingerprint density at radius 3 is 1.38 bits per heavy atom. The highest BCUT2D eigenvalue weighted by Crippen LogP contribution is 1.92. The van der Waals surface area contributed by atoms with Crippen LogP contribution >= 0.6 is 0 Å². The van der Waals surface area contributed by atoms with Gasteiger partial charge in [0.15, 0.2) is 0 Å². The molecule has 0 radical (unpaired) electrons. The number of esters is 2. The summed E-state index contributed by atoms with van der Waals surface area (Å²) in [6.45, 7) is 7.06. The summed E-state index contributed by atoms with van der Waals surface area (Å²) in [4.78, 5) is 22.0. The number of hydrogen-bond donors (Lipinski definition) is 0. The molecule has 0 aliphatic heterocycles. The maximum Gasteiger partial charge on any atom is 0.330 e. The van der Waals surface area contributed by atoms with E-state index in [0.29, 0.717) is 0 Å². The van der Waals surface area contributed by atoms with Gasteiger partial charge in [-0.25, -0.2) is 9.59 Å². The highest BCUT2D eigenvalue weighted by molar-refractivity contribution is 5.84. The van der Waals surface area contributed by atoms with Gasteiger partial charge in [0, 0.05) is 12.2 Å². The van der Waals surface area contributed by atoms with Gasteiger partial charge in [0.05, 0.1) is 12.2 Å². The molecule has 0 aromatic rings. The first-order valence-corrected chi connectivity index (χ1v) is 5.17. The first kappa shape index (κ1) is 14.4. The van der Waals surface area contributed by atoms with E-state index in [9.17, 15) is 9.59 Å². The van der Waals surface area contributed by atoms with Crippen molar-refractivity contribution in [3.63, 3.8) is 0 Å². The van der Waals surface area contributed by atoms with Crippen molar-refractivity contribution in [2.24, 2.45) is 0 Å². The fraction of sp³-hybridized carbons (Fsp3) is 0.500. The number of allylic oxidation sites excluding steroid dienone is 2. The summed E-state index contributed by atoms with van der Waals surface area (Å²) < 4.78 is 9.69. The molecule has 0 aliphatic carbocycles. The average Bonchev–Trinajstić information content (AvgIpc) is 2.10. The third-order valence-corrected chi connectivity index (χ3v) is 1.28. The quantitative estimate of drug-likeness (QED) is 0.409. The summed E-state index contributed by atoms with van der Waals surface area (Å²) in [5, 5.41) is 0. The molecule has 0 fully saturated rings. The van der Waals surface area contributed by atoms with Crippen molar-refractivity contribution in [1.82, 2.24) is 0 Å². The second kappa shape index (κ2) is 7.68. The van der Waals surface area contributed by atoms with E-state index in [1.807, 2.05) is 0 Å². The molecule has 0 aromatic carbocycles. The normalized spacial score (nSPS) is 11.6. The molecule has 0 atom stereocenters. The predicted molar refractivity (Wildman–Crippen MR) is 60.7 cm³/mol. The molecular formula is C12H18O4. The van der Waals surface area contributed by atoms with E-state index >= 15 is 0 Å². The van der Waals surface area contributed by atoms with Crippen molar-refractivity contribution >= 4 is 11.9 Å². The molecule has 0 spiro atoms. The molecule has 4 heteroatoms. The Hall–Kier alpha value is -1.58. The smallest absolute Gasteiger partial charge is 0.330 e. The minimum atomic E-state index is -0.433. The second-order valence-corrected chi connectivity index (χ2v) is 3.69. The molecule has 16 heavy (non-hydrogen) atoms. The molecule has 0 aromatic heterocycles. The number of ether oxygens (including phenoxy) is 2. The number of rotatable bonds is 5. The van der Waals surface area contributed by atoms with Crippen molar-refractivity contribution in [2.75, 3.05) is 0 Å². The molecule has 0 bridgehead atoms. The molecule has 0 rings (SSSR count). The highest BCUT2D eigenvalue weighted by Gasteiger charge is 2.00. The Morgan fingerprint density at radius 1 is 0.812 bits per heavy atom. The molecule has 0 saturated heterocycles. The first-order chi connectivity index (χ1) is 7.41. The van der Waals surface area contributed by atoms with Gasteiger partial charge in [-0.05, 0) is 27.7 Å². The standard InChI is InChI=1S/C12H18O4/c1-9(2)15-11(13)7-5-6-8-12(14)16-10(3)4/h5-10H,1-4H3/b7-5-,8-6-. The van der Waals surface area contributed by atoms with Gasteiger partial charge in [-0.2, -0.15) is 0 Å². The maximum atomic E-state index is 11.0. The van der Waals surface area contributed by atoms with Gasteiger partial charge in [0.2, 0.25) is 0 Å². The van der Waals surface area contributed by atoms with Gasteiger partial charge < -0.3 is 9.47 Å². The fourth-order valence-electron chi connectivity index (χ4n) is 0.811. The number of carbonyl (C=O) groups excluding carboxylic acids is 2. The molecule has 0 N–H and O–H groups in total. The van der Waals surface area contributed by atoms with Crippen molar-refractivity contribution in [3.05, 3.63) is 24.3 Å². The molecular weight excluding hydrogens is 208 g/mol. The lowest BCUT2D eigenvalue weighted by Gasteiger charge is -2.03. The summed E-state index contributed by atoms with van der Waals surface area (Å²) in [7, 11) is 0. The van der Waals surface area contributed by atoms with Gasteiger partial charge in [-0.15, -0.1) is 0 Å². The molecule has 4 nitrogen and oxygen atoms in total. The van der Waals surface area contributed by atoms with Crippen LogP contribution in [0.15, 0.2) is 24.3 Å². The average molecular weight is 226 g/mol. The minimum absolute atomic E-state index is 0.146. The summed E-state index contributed by atoms with van der Waals surface area (Å²) in [5.74, 6) is -0.867. The molecule has 90 valence electrons. The first-order valence-electron chi connectivity index (χ1n) is 5.17.